The Morgan fingerprint density at radius 3 is 2.68 bits per heavy atom. The van der Waals surface area contributed by atoms with E-state index in [4.69, 9.17) is 14.5 Å². The number of amides is 1. The molecule has 3 aromatic rings. The van der Waals surface area contributed by atoms with Gasteiger partial charge in [-0.2, -0.15) is 0 Å². The van der Waals surface area contributed by atoms with E-state index >= 15 is 0 Å². The summed E-state index contributed by atoms with van der Waals surface area (Å²) in [6.45, 7) is 3.31. The largest absolute Gasteiger partial charge is 0.466 e. The van der Waals surface area contributed by atoms with Crippen LogP contribution in [0.4, 0.5) is 0 Å². The molecule has 0 bridgehead atoms. The molecule has 0 radical (unpaired) electrons. The van der Waals surface area contributed by atoms with Crippen LogP contribution >= 0.6 is 0 Å². The Kier molecular flexibility index (Phi) is 6.57. The van der Waals surface area contributed by atoms with Gasteiger partial charge >= 0.3 is 5.97 Å². The SMILES string of the molecule is CCOC(=O)CC1c2nc3ccccc3cc2CN1C(=O)CCOCc1ccccc1. The third kappa shape index (κ3) is 4.91. The topological polar surface area (TPSA) is 68.7 Å². The van der Waals surface area contributed by atoms with E-state index < -0.39 is 6.04 Å². The van der Waals surface area contributed by atoms with Crippen LogP contribution in [0.1, 0.15) is 42.6 Å². The lowest BCUT2D eigenvalue weighted by Gasteiger charge is -2.24. The number of nitrogens with zero attached hydrogens (tertiary/aromatic N) is 2. The number of rotatable bonds is 8. The standard InChI is InChI=1S/C25H26N2O4/c1-2-31-24(29)15-22-25-20(14-19-10-6-7-11-21(19)26-25)16-27(22)23(28)12-13-30-17-18-8-4-3-5-9-18/h3-11,14,22H,2,12-13,15-17H2,1H3. The summed E-state index contributed by atoms with van der Waals surface area (Å²) in [5.41, 5.74) is 3.69. The number of ether oxygens (including phenoxy) is 2. The molecule has 0 fully saturated rings. The molecule has 6 nitrogen and oxygen atoms in total. The predicted molar refractivity (Wildman–Crippen MR) is 117 cm³/mol. The van der Waals surface area contributed by atoms with Crippen LogP contribution in [0.15, 0.2) is 60.7 Å². The van der Waals surface area contributed by atoms with Crippen LogP contribution in [0.25, 0.3) is 10.9 Å². The van der Waals surface area contributed by atoms with Gasteiger partial charge in [-0.25, -0.2) is 0 Å². The number of para-hydroxylation sites is 1. The Morgan fingerprint density at radius 2 is 1.87 bits per heavy atom. The first kappa shape index (κ1) is 21.0. The van der Waals surface area contributed by atoms with Crippen LogP contribution in [-0.4, -0.2) is 35.0 Å². The van der Waals surface area contributed by atoms with Gasteiger partial charge in [0.1, 0.15) is 0 Å². The molecule has 0 saturated carbocycles. The fourth-order valence-electron chi connectivity index (χ4n) is 3.95. The first-order valence-corrected chi connectivity index (χ1v) is 10.6. The van der Waals surface area contributed by atoms with E-state index in [1.165, 1.54) is 0 Å². The molecule has 6 heteroatoms. The van der Waals surface area contributed by atoms with Crippen LogP contribution in [0.3, 0.4) is 0 Å². The van der Waals surface area contributed by atoms with Crippen molar-refractivity contribution in [3.8, 4) is 0 Å². The number of pyridine rings is 1. The maximum atomic E-state index is 13.0. The van der Waals surface area contributed by atoms with Crippen LogP contribution in [0.2, 0.25) is 0 Å². The van der Waals surface area contributed by atoms with Gasteiger partial charge in [0.25, 0.3) is 0 Å². The third-order valence-corrected chi connectivity index (χ3v) is 5.43. The highest BCUT2D eigenvalue weighted by molar-refractivity contribution is 5.83. The zero-order valence-corrected chi connectivity index (χ0v) is 17.6. The number of esters is 1. The molecule has 2 heterocycles. The van der Waals surface area contributed by atoms with Crippen molar-refractivity contribution in [3.05, 3.63) is 77.5 Å². The molecule has 0 saturated heterocycles. The zero-order valence-electron chi connectivity index (χ0n) is 17.6. The molecule has 2 aromatic carbocycles. The van der Waals surface area contributed by atoms with E-state index in [9.17, 15) is 9.59 Å². The summed E-state index contributed by atoms with van der Waals surface area (Å²) in [6, 6.07) is 19.4. The monoisotopic (exact) mass is 418 g/mol. The molecule has 1 aliphatic heterocycles. The van der Waals surface area contributed by atoms with Crippen molar-refractivity contribution in [3.63, 3.8) is 0 Å². The van der Waals surface area contributed by atoms with E-state index in [1.54, 1.807) is 11.8 Å². The fourth-order valence-corrected chi connectivity index (χ4v) is 3.95. The summed E-state index contributed by atoms with van der Waals surface area (Å²) in [6.07, 6.45) is 0.350. The van der Waals surface area contributed by atoms with Crippen LogP contribution in [0, 0.1) is 0 Å². The summed E-state index contributed by atoms with van der Waals surface area (Å²) in [5.74, 6) is -0.377. The van der Waals surface area contributed by atoms with Crippen LogP contribution in [0.5, 0.6) is 0 Å². The number of aromatic nitrogens is 1. The lowest BCUT2D eigenvalue weighted by molar-refractivity contribution is -0.146. The maximum absolute atomic E-state index is 13.0. The molecule has 1 unspecified atom stereocenters. The summed E-state index contributed by atoms with van der Waals surface area (Å²) in [7, 11) is 0. The molecular weight excluding hydrogens is 392 g/mol. The molecule has 1 aromatic heterocycles. The Hall–Kier alpha value is -3.25. The predicted octanol–water partition coefficient (Wildman–Crippen LogP) is 4.18. The smallest absolute Gasteiger partial charge is 0.308 e. The number of fused-ring (bicyclic) bond motifs is 2. The van der Waals surface area contributed by atoms with Gasteiger partial charge in [0, 0.05) is 11.9 Å². The molecule has 31 heavy (non-hydrogen) atoms. The quantitative estimate of drug-likeness (QED) is 0.406. The Balaban J connectivity index is 1.47. The average molecular weight is 418 g/mol. The van der Waals surface area contributed by atoms with E-state index in [-0.39, 0.29) is 24.7 Å². The summed E-state index contributed by atoms with van der Waals surface area (Å²) < 4.78 is 10.8. The molecule has 1 aliphatic rings. The highest BCUT2D eigenvalue weighted by Crippen LogP contribution is 2.37. The minimum absolute atomic E-state index is 0.0515. The van der Waals surface area contributed by atoms with Gasteiger partial charge in [-0.05, 0) is 30.2 Å². The first-order chi connectivity index (χ1) is 15.2. The minimum atomic E-state index is -0.416. The number of carbonyl (C=O) groups excluding carboxylic acids is 2. The van der Waals surface area contributed by atoms with Gasteiger partial charge in [0.2, 0.25) is 5.91 Å². The molecule has 160 valence electrons. The van der Waals surface area contributed by atoms with Gasteiger partial charge < -0.3 is 14.4 Å². The van der Waals surface area contributed by atoms with Crippen molar-refractivity contribution >= 4 is 22.8 Å². The number of benzene rings is 2. The van der Waals surface area contributed by atoms with Crippen LogP contribution in [-0.2, 0) is 32.2 Å². The second-order valence-electron chi connectivity index (χ2n) is 7.56. The van der Waals surface area contributed by atoms with Crippen LogP contribution < -0.4 is 0 Å². The summed E-state index contributed by atoms with van der Waals surface area (Å²) in [5, 5.41) is 1.02. The molecule has 0 aliphatic carbocycles. The van der Waals surface area contributed by atoms with Gasteiger partial charge in [0.05, 0.1) is 49.9 Å². The van der Waals surface area contributed by atoms with Crippen molar-refractivity contribution in [1.29, 1.82) is 0 Å². The zero-order chi connectivity index (χ0) is 21.6. The number of hydrogen-bond acceptors (Lipinski definition) is 5. The van der Waals surface area contributed by atoms with E-state index in [0.29, 0.717) is 26.4 Å². The van der Waals surface area contributed by atoms with E-state index in [2.05, 4.69) is 6.07 Å². The second-order valence-corrected chi connectivity index (χ2v) is 7.56. The first-order valence-electron chi connectivity index (χ1n) is 10.6. The fraction of sp³-hybridized carbons (Fsp3) is 0.320. The molecule has 0 spiro atoms. The van der Waals surface area contributed by atoms with Gasteiger partial charge in [0.15, 0.2) is 0 Å². The number of carbonyl (C=O) groups is 2. The number of hydrogen-bond donors (Lipinski definition) is 0. The van der Waals surface area contributed by atoms with E-state index in [1.807, 2.05) is 54.6 Å². The van der Waals surface area contributed by atoms with Crippen molar-refractivity contribution in [1.82, 2.24) is 9.88 Å². The van der Waals surface area contributed by atoms with Gasteiger partial charge in [-0.15, -0.1) is 0 Å². The summed E-state index contributed by atoms with van der Waals surface area (Å²) in [4.78, 5) is 31.8. The minimum Gasteiger partial charge on any atom is -0.466 e. The van der Waals surface area contributed by atoms with Crippen molar-refractivity contribution < 1.29 is 19.1 Å². The maximum Gasteiger partial charge on any atom is 0.308 e. The molecular formula is C25H26N2O4. The molecule has 4 rings (SSSR count). The van der Waals surface area contributed by atoms with Crippen molar-refractivity contribution in [2.24, 2.45) is 0 Å². The molecule has 1 amide bonds. The third-order valence-electron chi connectivity index (χ3n) is 5.43. The Morgan fingerprint density at radius 1 is 1.10 bits per heavy atom. The molecule has 0 N–H and O–H groups in total. The van der Waals surface area contributed by atoms with Crippen molar-refractivity contribution in [2.45, 2.75) is 39.0 Å². The average Bonchev–Trinajstić information content (AvgIpc) is 3.13. The normalized spacial score (nSPS) is 15.1. The van der Waals surface area contributed by atoms with Crippen molar-refractivity contribution in [2.75, 3.05) is 13.2 Å². The lowest BCUT2D eigenvalue weighted by Crippen LogP contribution is -2.32. The summed E-state index contributed by atoms with van der Waals surface area (Å²) >= 11 is 0. The lowest BCUT2D eigenvalue weighted by atomic mass is 10.1. The molecule has 1 atom stereocenters. The Bertz CT molecular complexity index is 1070. The second kappa shape index (κ2) is 9.71. The Labute approximate surface area is 181 Å². The van der Waals surface area contributed by atoms with E-state index in [0.717, 1.165) is 27.7 Å². The van der Waals surface area contributed by atoms with Gasteiger partial charge in [-0.3, -0.25) is 14.6 Å². The highest BCUT2D eigenvalue weighted by Gasteiger charge is 2.36. The highest BCUT2D eigenvalue weighted by atomic mass is 16.5. The van der Waals surface area contributed by atoms with Gasteiger partial charge in [-0.1, -0.05) is 48.5 Å².